The van der Waals surface area contributed by atoms with Gasteiger partial charge in [-0.05, 0) is 43.7 Å². The second-order valence-electron chi connectivity index (χ2n) is 4.03. The van der Waals surface area contributed by atoms with Crippen molar-refractivity contribution >= 4 is 11.8 Å². The Balaban J connectivity index is 1.66. The molecule has 19 heavy (non-hydrogen) atoms. The van der Waals surface area contributed by atoms with Gasteiger partial charge in [-0.2, -0.15) is 5.26 Å². The third-order valence-corrected chi connectivity index (χ3v) is 3.84. The summed E-state index contributed by atoms with van der Waals surface area (Å²) < 4.78 is 10.8. The van der Waals surface area contributed by atoms with Crippen molar-refractivity contribution in [2.24, 2.45) is 0 Å². The van der Waals surface area contributed by atoms with Crippen LogP contribution >= 0.6 is 11.8 Å². The number of hydrogen-bond acceptors (Lipinski definition) is 4. The van der Waals surface area contributed by atoms with Gasteiger partial charge < -0.3 is 9.15 Å². The van der Waals surface area contributed by atoms with Gasteiger partial charge in [0, 0.05) is 10.6 Å². The molecule has 0 amide bonds. The number of ether oxygens (including phenoxy) is 1. The van der Waals surface area contributed by atoms with E-state index in [0.29, 0.717) is 12.2 Å². The Morgan fingerprint density at radius 2 is 2.05 bits per heavy atom. The number of nitriles is 1. The van der Waals surface area contributed by atoms with Crippen LogP contribution in [0.25, 0.3) is 0 Å². The molecular formula is C15H15NO2S. The molecule has 0 radical (unpaired) electrons. The molecule has 0 bridgehead atoms. The lowest BCUT2D eigenvalue weighted by molar-refractivity contribution is 0.318. The van der Waals surface area contributed by atoms with Gasteiger partial charge in [0.05, 0.1) is 24.5 Å². The minimum atomic E-state index is 0.651. The van der Waals surface area contributed by atoms with E-state index in [0.717, 1.165) is 23.7 Å². The average molecular weight is 273 g/mol. The predicted molar refractivity (Wildman–Crippen MR) is 75.4 cm³/mol. The lowest BCUT2D eigenvalue weighted by Crippen LogP contribution is -1.98. The van der Waals surface area contributed by atoms with Gasteiger partial charge in [-0.15, -0.1) is 11.8 Å². The first kappa shape index (κ1) is 13.6. The zero-order chi connectivity index (χ0) is 13.5. The second-order valence-corrected chi connectivity index (χ2v) is 5.16. The van der Waals surface area contributed by atoms with Crippen molar-refractivity contribution in [1.29, 1.82) is 5.26 Å². The number of furan rings is 1. The summed E-state index contributed by atoms with van der Waals surface area (Å²) in [7, 11) is 0. The van der Waals surface area contributed by atoms with Gasteiger partial charge in [-0.25, -0.2) is 0 Å². The SMILES string of the molecule is Cc1occc1SCCCOc1ccc(C#N)cc1. The van der Waals surface area contributed by atoms with Crippen LogP contribution in [0, 0.1) is 18.3 Å². The molecule has 0 saturated carbocycles. The Kier molecular flexibility index (Phi) is 4.93. The fourth-order valence-electron chi connectivity index (χ4n) is 1.58. The minimum absolute atomic E-state index is 0.651. The molecule has 98 valence electrons. The summed E-state index contributed by atoms with van der Waals surface area (Å²) in [6.45, 7) is 2.64. The van der Waals surface area contributed by atoms with Gasteiger partial charge in [0.1, 0.15) is 11.5 Å². The number of thioether (sulfide) groups is 1. The van der Waals surface area contributed by atoms with E-state index in [4.69, 9.17) is 14.4 Å². The van der Waals surface area contributed by atoms with Gasteiger partial charge in [-0.3, -0.25) is 0 Å². The Morgan fingerprint density at radius 1 is 1.26 bits per heavy atom. The molecular weight excluding hydrogens is 258 g/mol. The van der Waals surface area contributed by atoms with Crippen LogP contribution in [0.15, 0.2) is 45.9 Å². The van der Waals surface area contributed by atoms with E-state index in [2.05, 4.69) is 6.07 Å². The summed E-state index contributed by atoms with van der Waals surface area (Å²) >= 11 is 1.78. The highest BCUT2D eigenvalue weighted by atomic mass is 32.2. The quantitative estimate of drug-likeness (QED) is 0.589. The molecule has 0 aliphatic rings. The van der Waals surface area contributed by atoms with Crippen molar-refractivity contribution in [3.63, 3.8) is 0 Å². The molecule has 0 saturated heterocycles. The molecule has 2 aromatic rings. The highest BCUT2D eigenvalue weighted by Crippen LogP contribution is 2.23. The predicted octanol–water partition coefficient (Wildman–Crippen LogP) is 4.02. The number of aryl methyl sites for hydroxylation is 1. The Labute approximate surface area is 117 Å². The summed E-state index contributed by atoms with van der Waals surface area (Å²) in [6, 6.07) is 11.2. The van der Waals surface area contributed by atoms with Crippen molar-refractivity contribution in [3.05, 3.63) is 47.9 Å². The molecule has 0 spiro atoms. The first-order chi connectivity index (χ1) is 9.29. The van der Waals surface area contributed by atoms with E-state index in [1.54, 1.807) is 30.2 Å². The van der Waals surface area contributed by atoms with Crippen molar-refractivity contribution in [3.8, 4) is 11.8 Å². The fraction of sp³-hybridized carbons (Fsp3) is 0.267. The van der Waals surface area contributed by atoms with Crippen LogP contribution in [0.4, 0.5) is 0 Å². The summed E-state index contributed by atoms with van der Waals surface area (Å²) in [5.74, 6) is 2.78. The van der Waals surface area contributed by atoms with Crippen LogP contribution in [0.5, 0.6) is 5.75 Å². The Morgan fingerprint density at radius 3 is 2.68 bits per heavy atom. The lowest BCUT2D eigenvalue weighted by atomic mass is 10.2. The zero-order valence-electron chi connectivity index (χ0n) is 10.8. The smallest absolute Gasteiger partial charge is 0.119 e. The standard InChI is InChI=1S/C15H15NO2S/c1-12-15(7-9-17-12)19-10-2-8-18-14-5-3-13(11-16)4-6-14/h3-7,9H,2,8,10H2,1H3. The monoisotopic (exact) mass is 273 g/mol. The van der Waals surface area contributed by atoms with Gasteiger partial charge >= 0.3 is 0 Å². The minimum Gasteiger partial charge on any atom is -0.494 e. The van der Waals surface area contributed by atoms with Gasteiger partial charge in [0.2, 0.25) is 0 Å². The van der Waals surface area contributed by atoms with Crippen LogP contribution < -0.4 is 4.74 Å². The molecule has 0 unspecified atom stereocenters. The maximum atomic E-state index is 8.69. The highest BCUT2D eigenvalue weighted by molar-refractivity contribution is 7.99. The second kappa shape index (κ2) is 6.91. The molecule has 3 nitrogen and oxygen atoms in total. The van der Waals surface area contributed by atoms with Crippen LogP contribution in [0.3, 0.4) is 0 Å². The summed E-state index contributed by atoms with van der Waals surface area (Å²) in [5, 5.41) is 8.69. The summed E-state index contributed by atoms with van der Waals surface area (Å²) in [4.78, 5) is 1.19. The van der Waals surface area contributed by atoms with Gasteiger partial charge in [0.25, 0.3) is 0 Å². The molecule has 2 rings (SSSR count). The molecule has 0 atom stereocenters. The van der Waals surface area contributed by atoms with Crippen LogP contribution in [0.2, 0.25) is 0 Å². The number of hydrogen-bond donors (Lipinski definition) is 0. The third-order valence-electron chi connectivity index (χ3n) is 2.61. The van der Waals surface area contributed by atoms with E-state index < -0.39 is 0 Å². The Bertz CT molecular complexity index is 554. The molecule has 1 aromatic carbocycles. The fourth-order valence-corrected chi connectivity index (χ4v) is 2.47. The summed E-state index contributed by atoms with van der Waals surface area (Å²) in [5.41, 5.74) is 0.651. The number of rotatable bonds is 6. The number of benzene rings is 1. The topological polar surface area (TPSA) is 46.2 Å². The van der Waals surface area contributed by atoms with E-state index in [-0.39, 0.29) is 0 Å². The van der Waals surface area contributed by atoms with Crippen LogP contribution in [0.1, 0.15) is 17.7 Å². The van der Waals surface area contributed by atoms with E-state index in [1.165, 1.54) is 4.90 Å². The first-order valence-electron chi connectivity index (χ1n) is 6.09. The molecule has 0 aliphatic heterocycles. The molecule has 0 aliphatic carbocycles. The molecule has 1 heterocycles. The molecule has 4 heteroatoms. The van der Waals surface area contributed by atoms with Crippen LogP contribution in [-0.4, -0.2) is 12.4 Å². The van der Waals surface area contributed by atoms with Crippen molar-refractivity contribution in [2.45, 2.75) is 18.2 Å². The third kappa shape index (κ3) is 4.08. The van der Waals surface area contributed by atoms with Gasteiger partial charge in [0.15, 0.2) is 0 Å². The van der Waals surface area contributed by atoms with Crippen molar-refractivity contribution in [1.82, 2.24) is 0 Å². The van der Waals surface area contributed by atoms with Crippen LogP contribution in [-0.2, 0) is 0 Å². The molecule has 0 fully saturated rings. The summed E-state index contributed by atoms with van der Waals surface area (Å²) in [6.07, 6.45) is 2.68. The maximum absolute atomic E-state index is 8.69. The van der Waals surface area contributed by atoms with E-state index in [1.807, 2.05) is 25.1 Å². The van der Waals surface area contributed by atoms with Crippen molar-refractivity contribution in [2.75, 3.05) is 12.4 Å². The highest BCUT2D eigenvalue weighted by Gasteiger charge is 2.01. The Hall–Kier alpha value is -1.86. The first-order valence-corrected chi connectivity index (χ1v) is 7.08. The van der Waals surface area contributed by atoms with Crippen molar-refractivity contribution < 1.29 is 9.15 Å². The largest absolute Gasteiger partial charge is 0.494 e. The maximum Gasteiger partial charge on any atom is 0.119 e. The molecule has 0 N–H and O–H groups in total. The van der Waals surface area contributed by atoms with E-state index in [9.17, 15) is 0 Å². The zero-order valence-corrected chi connectivity index (χ0v) is 11.6. The average Bonchev–Trinajstić information content (AvgIpc) is 2.85. The molecule has 1 aromatic heterocycles. The van der Waals surface area contributed by atoms with Gasteiger partial charge in [-0.1, -0.05) is 0 Å². The number of nitrogens with zero attached hydrogens (tertiary/aromatic N) is 1. The lowest BCUT2D eigenvalue weighted by Gasteiger charge is -2.05. The normalized spacial score (nSPS) is 10.1. The van der Waals surface area contributed by atoms with E-state index >= 15 is 0 Å².